The Morgan fingerprint density at radius 1 is 0.745 bits per heavy atom. The molecule has 0 aromatic heterocycles. The van der Waals surface area contributed by atoms with Crippen molar-refractivity contribution >= 4 is 47.3 Å². The largest absolute Gasteiger partial charge is 0.480 e. The number of carboxylic acids is 1. The molecular formula is C28H44N8O11. The first-order chi connectivity index (χ1) is 22.3. The Labute approximate surface area is 270 Å². The van der Waals surface area contributed by atoms with Gasteiger partial charge in [0.25, 0.3) is 0 Å². The van der Waals surface area contributed by atoms with E-state index in [4.69, 9.17) is 5.73 Å². The fraction of sp³-hybridized carbons (Fsp3) is 0.714. The maximum Gasteiger partial charge on any atom is 0.326 e. The maximum absolute atomic E-state index is 13.1. The van der Waals surface area contributed by atoms with Crippen molar-refractivity contribution in [3.8, 4) is 0 Å². The zero-order valence-corrected chi connectivity index (χ0v) is 26.2. The van der Waals surface area contributed by atoms with Gasteiger partial charge in [-0.15, -0.1) is 0 Å². The van der Waals surface area contributed by atoms with E-state index in [2.05, 4.69) is 21.3 Å². The fourth-order valence-corrected chi connectivity index (χ4v) is 6.04. The molecule has 0 spiro atoms. The van der Waals surface area contributed by atoms with E-state index in [1.165, 1.54) is 21.6 Å². The standard InChI is InChI=1S/C28H44N8O11/c1-15(26(44)35-9-3-6-19(35)27(45)36-10-4-7-20(36)28(46)47)31-21(39)12-30-23(41)16(13-37)32-24(42)17(14-38)33-25(43)18-5-2-8-34(18)22(40)11-29/h15-20,37-38H,2-14,29H2,1H3,(H,30,41)(H,31,39)(H,32,42)(H,33,43)(H,46,47)/t15-,16-,17-,18-,19-,20-/m0/s1. The van der Waals surface area contributed by atoms with Gasteiger partial charge in [0.15, 0.2) is 0 Å². The average molecular weight is 669 g/mol. The Kier molecular flexibility index (Phi) is 13.4. The first kappa shape index (κ1) is 37.1. The van der Waals surface area contributed by atoms with Crippen molar-refractivity contribution in [1.82, 2.24) is 36.0 Å². The van der Waals surface area contributed by atoms with Gasteiger partial charge in [-0.1, -0.05) is 0 Å². The van der Waals surface area contributed by atoms with Crippen LogP contribution < -0.4 is 27.0 Å². The van der Waals surface area contributed by atoms with Gasteiger partial charge < -0.3 is 57.0 Å². The van der Waals surface area contributed by atoms with E-state index in [9.17, 15) is 53.7 Å². The van der Waals surface area contributed by atoms with E-state index >= 15 is 0 Å². The van der Waals surface area contributed by atoms with Crippen molar-refractivity contribution < 1.29 is 53.7 Å². The number of nitrogens with zero attached hydrogens (tertiary/aromatic N) is 3. The quantitative estimate of drug-likeness (QED) is 0.0861. The first-order valence-electron chi connectivity index (χ1n) is 15.6. The highest BCUT2D eigenvalue weighted by molar-refractivity contribution is 5.97. The SMILES string of the molecule is C[C@H](NC(=O)CNC(=O)[C@H](CO)NC(=O)[C@H](CO)NC(=O)[C@@H]1CCCN1C(=O)CN)C(=O)N1CCC[C@H]1C(=O)N1CCC[C@H]1C(=O)O. The summed E-state index contributed by atoms with van der Waals surface area (Å²) in [6.07, 6.45) is 2.61. The van der Waals surface area contributed by atoms with Crippen LogP contribution in [0.25, 0.3) is 0 Å². The van der Waals surface area contributed by atoms with Crippen LogP contribution in [0.3, 0.4) is 0 Å². The zero-order valence-electron chi connectivity index (χ0n) is 26.2. The molecule has 3 heterocycles. The molecule has 0 saturated carbocycles. The second-order valence-electron chi connectivity index (χ2n) is 11.7. The van der Waals surface area contributed by atoms with Crippen LogP contribution in [0, 0.1) is 0 Å². The molecule has 9 N–H and O–H groups in total. The molecule has 3 aliphatic heterocycles. The Bertz CT molecular complexity index is 1230. The molecule has 3 aliphatic rings. The molecule has 47 heavy (non-hydrogen) atoms. The second-order valence-corrected chi connectivity index (χ2v) is 11.7. The topological polar surface area (TPSA) is 281 Å². The number of aliphatic hydroxyl groups excluding tert-OH is 2. The lowest BCUT2D eigenvalue weighted by atomic mass is 10.1. The monoisotopic (exact) mass is 668 g/mol. The highest BCUT2D eigenvalue weighted by Crippen LogP contribution is 2.25. The van der Waals surface area contributed by atoms with E-state index < -0.39 is 103 Å². The Balaban J connectivity index is 1.48. The van der Waals surface area contributed by atoms with Crippen LogP contribution in [0.5, 0.6) is 0 Å². The van der Waals surface area contributed by atoms with Crippen LogP contribution in [0.15, 0.2) is 0 Å². The molecule has 3 rings (SSSR count). The van der Waals surface area contributed by atoms with Gasteiger partial charge in [0.2, 0.25) is 41.4 Å². The van der Waals surface area contributed by atoms with Crippen LogP contribution in [-0.2, 0) is 38.4 Å². The third-order valence-corrected chi connectivity index (χ3v) is 8.49. The number of aliphatic carboxylic acids is 1. The van der Waals surface area contributed by atoms with Crippen LogP contribution in [0.4, 0.5) is 0 Å². The average Bonchev–Trinajstić information content (AvgIpc) is 3.84. The minimum Gasteiger partial charge on any atom is -0.480 e. The van der Waals surface area contributed by atoms with Crippen molar-refractivity contribution in [1.29, 1.82) is 0 Å². The number of aliphatic hydroxyl groups is 2. The van der Waals surface area contributed by atoms with E-state index in [1.54, 1.807) is 0 Å². The van der Waals surface area contributed by atoms with Gasteiger partial charge in [-0.25, -0.2) is 4.79 Å². The Hall–Kier alpha value is -4.36. The van der Waals surface area contributed by atoms with Crippen LogP contribution >= 0.6 is 0 Å². The predicted molar refractivity (Wildman–Crippen MR) is 160 cm³/mol. The summed E-state index contributed by atoms with van der Waals surface area (Å²) in [6, 6.07) is -6.87. The van der Waals surface area contributed by atoms with Gasteiger partial charge in [-0.3, -0.25) is 33.6 Å². The summed E-state index contributed by atoms with van der Waals surface area (Å²) in [5, 5.41) is 38.0. The Morgan fingerprint density at radius 3 is 1.89 bits per heavy atom. The normalized spacial score (nSPS) is 22.6. The summed E-state index contributed by atoms with van der Waals surface area (Å²) >= 11 is 0. The summed E-state index contributed by atoms with van der Waals surface area (Å²) < 4.78 is 0. The van der Waals surface area contributed by atoms with Crippen molar-refractivity contribution in [3.05, 3.63) is 0 Å². The lowest BCUT2D eigenvalue weighted by Gasteiger charge is -2.31. The lowest BCUT2D eigenvalue weighted by molar-refractivity contribution is -0.152. The van der Waals surface area contributed by atoms with Crippen LogP contribution in [-0.4, -0.2) is 160 Å². The molecule has 6 atom stereocenters. The first-order valence-corrected chi connectivity index (χ1v) is 15.6. The number of hydrogen-bond acceptors (Lipinski definition) is 11. The molecule has 7 amide bonds. The number of amides is 7. The summed E-state index contributed by atoms with van der Waals surface area (Å²) in [6.45, 7) is -0.471. The third kappa shape index (κ3) is 9.13. The number of carbonyl (C=O) groups excluding carboxylic acids is 7. The highest BCUT2D eigenvalue weighted by Gasteiger charge is 2.43. The summed E-state index contributed by atoms with van der Waals surface area (Å²) in [7, 11) is 0. The molecule has 0 aromatic carbocycles. The second kappa shape index (κ2) is 17.0. The van der Waals surface area contributed by atoms with Crippen LogP contribution in [0.2, 0.25) is 0 Å². The summed E-state index contributed by atoms with van der Waals surface area (Å²) in [5.74, 6) is -6.03. The van der Waals surface area contributed by atoms with Gasteiger partial charge in [0.05, 0.1) is 26.3 Å². The molecule has 3 saturated heterocycles. The molecule has 0 unspecified atom stereocenters. The minimum absolute atomic E-state index is 0.246. The van der Waals surface area contributed by atoms with Gasteiger partial charge in [0.1, 0.15) is 36.3 Å². The smallest absolute Gasteiger partial charge is 0.326 e. The zero-order chi connectivity index (χ0) is 34.8. The van der Waals surface area contributed by atoms with Gasteiger partial charge >= 0.3 is 5.97 Å². The predicted octanol–water partition coefficient (Wildman–Crippen LogP) is -5.42. The van der Waals surface area contributed by atoms with Gasteiger partial charge in [-0.05, 0) is 45.4 Å². The van der Waals surface area contributed by atoms with Crippen LogP contribution in [0.1, 0.15) is 45.4 Å². The molecular weight excluding hydrogens is 624 g/mol. The van der Waals surface area contributed by atoms with E-state index in [1.807, 2.05) is 0 Å². The Morgan fingerprint density at radius 2 is 1.30 bits per heavy atom. The van der Waals surface area contributed by atoms with Crippen molar-refractivity contribution in [2.24, 2.45) is 5.73 Å². The van der Waals surface area contributed by atoms with Gasteiger partial charge in [0, 0.05) is 19.6 Å². The number of carbonyl (C=O) groups is 8. The number of carboxylic acid groups (broad SMARTS) is 1. The van der Waals surface area contributed by atoms with Crippen molar-refractivity contribution in [2.45, 2.75) is 81.7 Å². The number of hydrogen-bond donors (Lipinski definition) is 8. The van der Waals surface area contributed by atoms with Gasteiger partial charge in [-0.2, -0.15) is 0 Å². The highest BCUT2D eigenvalue weighted by atomic mass is 16.4. The summed E-state index contributed by atoms with van der Waals surface area (Å²) in [5.41, 5.74) is 5.38. The molecule has 262 valence electrons. The van der Waals surface area contributed by atoms with E-state index in [-0.39, 0.29) is 19.6 Å². The van der Waals surface area contributed by atoms with E-state index in [0.29, 0.717) is 45.1 Å². The number of likely N-dealkylation sites (tertiary alicyclic amines) is 3. The lowest BCUT2D eigenvalue weighted by Crippen LogP contribution is -2.59. The number of nitrogens with one attached hydrogen (secondary N) is 4. The summed E-state index contributed by atoms with van der Waals surface area (Å²) in [4.78, 5) is 104. The number of rotatable bonds is 14. The fourth-order valence-electron chi connectivity index (χ4n) is 6.04. The molecule has 19 nitrogen and oxygen atoms in total. The van der Waals surface area contributed by atoms with Crippen molar-refractivity contribution in [2.75, 3.05) is 45.9 Å². The molecule has 19 heteroatoms. The minimum atomic E-state index is -1.57. The molecule has 0 radical (unpaired) electrons. The molecule has 0 aliphatic carbocycles. The molecule has 3 fully saturated rings. The number of nitrogens with two attached hydrogens (primary N) is 1. The third-order valence-electron chi connectivity index (χ3n) is 8.49. The molecule has 0 bridgehead atoms. The maximum atomic E-state index is 13.1. The van der Waals surface area contributed by atoms with Crippen molar-refractivity contribution in [3.63, 3.8) is 0 Å². The van der Waals surface area contributed by atoms with E-state index in [0.717, 1.165) is 0 Å². The molecule has 0 aromatic rings.